The molecule has 0 N–H and O–H groups in total. The lowest BCUT2D eigenvalue weighted by Crippen LogP contribution is -2.41. The molecular weight excluding hydrogens is 293 g/mol. The van der Waals surface area contributed by atoms with Crippen LogP contribution in [-0.4, -0.2) is 35.5 Å². The van der Waals surface area contributed by atoms with Crippen LogP contribution < -0.4 is 14.9 Å². The van der Waals surface area contributed by atoms with Crippen molar-refractivity contribution >= 4 is 12.6 Å². The fourth-order valence-corrected chi connectivity index (χ4v) is 2.35. The van der Waals surface area contributed by atoms with E-state index in [-0.39, 0.29) is 6.10 Å². The second kappa shape index (κ2) is 5.67. The monoisotopic (exact) mass is 319 g/mol. The third kappa shape index (κ3) is 3.48. The highest BCUT2D eigenvalue weighted by Crippen LogP contribution is 2.37. The largest absolute Gasteiger partial charge is 0.500 e. The van der Waals surface area contributed by atoms with Gasteiger partial charge in [0, 0.05) is 5.46 Å². The van der Waals surface area contributed by atoms with Crippen LogP contribution in [0.25, 0.3) is 0 Å². The van der Waals surface area contributed by atoms with Gasteiger partial charge in [-0.15, -0.1) is 0 Å². The number of nitrogens with zero attached hydrogens (tertiary/aromatic N) is 1. The average molecular weight is 319 g/mol. The van der Waals surface area contributed by atoms with Gasteiger partial charge in [-0.05, 0) is 60.5 Å². The van der Waals surface area contributed by atoms with E-state index in [2.05, 4.69) is 4.98 Å². The van der Waals surface area contributed by atoms with Gasteiger partial charge >= 0.3 is 7.12 Å². The summed E-state index contributed by atoms with van der Waals surface area (Å²) in [6.07, 6.45) is 4.27. The maximum absolute atomic E-state index is 6.15. The smallest absolute Gasteiger partial charge is 0.489 e. The van der Waals surface area contributed by atoms with E-state index in [1.54, 1.807) is 6.20 Å². The first kappa shape index (κ1) is 16.6. The third-order valence-electron chi connectivity index (χ3n) is 4.54. The van der Waals surface area contributed by atoms with Crippen molar-refractivity contribution in [2.75, 3.05) is 0 Å². The van der Waals surface area contributed by atoms with Crippen LogP contribution in [-0.2, 0) is 9.31 Å². The van der Waals surface area contributed by atoms with E-state index in [9.17, 15) is 0 Å². The van der Waals surface area contributed by atoms with Crippen molar-refractivity contribution in [3.8, 4) is 11.6 Å². The Balaban J connectivity index is 1.91. The highest BCUT2D eigenvalue weighted by atomic mass is 16.7. The van der Waals surface area contributed by atoms with Gasteiger partial charge in [-0.2, -0.15) is 0 Å². The molecule has 0 radical (unpaired) electrons. The first-order chi connectivity index (χ1) is 10.7. The molecule has 6 heteroatoms. The van der Waals surface area contributed by atoms with Crippen LogP contribution in [0.2, 0.25) is 0 Å². The zero-order valence-corrected chi connectivity index (χ0v) is 14.9. The first-order valence-electron chi connectivity index (χ1n) is 8.37. The van der Waals surface area contributed by atoms with E-state index < -0.39 is 18.3 Å². The lowest BCUT2D eigenvalue weighted by atomic mass is 9.79. The molecule has 0 spiro atoms. The Kier molecular flexibility index (Phi) is 4.09. The van der Waals surface area contributed by atoms with Crippen molar-refractivity contribution in [1.82, 2.24) is 4.98 Å². The van der Waals surface area contributed by atoms with Crippen LogP contribution in [0, 0.1) is 0 Å². The highest BCUT2D eigenvalue weighted by molar-refractivity contribution is 6.63. The second-order valence-electron chi connectivity index (χ2n) is 7.64. The Morgan fingerprint density at radius 3 is 2.30 bits per heavy atom. The third-order valence-corrected chi connectivity index (χ3v) is 4.54. The Morgan fingerprint density at radius 2 is 1.78 bits per heavy atom. The van der Waals surface area contributed by atoms with E-state index in [1.165, 1.54) is 0 Å². The summed E-state index contributed by atoms with van der Waals surface area (Å²) < 4.78 is 24.0. The minimum Gasteiger partial charge on any atom is -0.489 e. The molecule has 1 aromatic heterocycles. The number of hydrogen-bond acceptors (Lipinski definition) is 5. The summed E-state index contributed by atoms with van der Waals surface area (Å²) in [5.74, 6) is 1.29. The Morgan fingerprint density at radius 1 is 1.17 bits per heavy atom. The average Bonchev–Trinajstić information content (AvgIpc) is 3.18. The molecule has 126 valence electrons. The molecule has 0 bridgehead atoms. The molecular formula is C17H26BNO4. The summed E-state index contributed by atoms with van der Waals surface area (Å²) in [5, 5.41) is 0. The van der Waals surface area contributed by atoms with Crippen molar-refractivity contribution < 1.29 is 18.8 Å². The summed E-state index contributed by atoms with van der Waals surface area (Å²) in [7, 11) is -0.510. The van der Waals surface area contributed by atoms with E-state index in [0.29, 0.717) is 12.0 Å². The summed E-state index contributed by atoms with van der Waals surface area (Å²) in [6, 6.07) is 1.94. The van der Waals surface area contributed by atoms with Crippen molar-refractivity contribution in [2.45, 2.75) is 77.8 Å². The van der Waals surface area contributed by atoms with Crippen LogP contribution in [0.4, 0.5) is 0 Å². The minimum atomic E-state index is -0.510. The zero-order chi connectivity index (χ0) is 16.8. The van der Waals surface area contributed by atoms with Crippen molar-refractivity contribution in [3.05, 3.63) is 12.3 Å². The molecule has 23 heavy (non-hydrogen) atoms. The topological polar surface area (TPSA) is 49.8 Å². The van der Waals surface area contributed by atoms with E-state index in [0.717, 1.165) is 24.1 Å². The van der Waals surface area contributed by atoms with Gasteiger partial charge in [-0.1, -0.05) is 0 Å². The molecule has 3 rings (SSSR count). The quantitative estimate of drug-likeness (QED) is 0.781. The second-order valence-corrected chi connectivity index (χ2v) is 7.64. The van der Waals surface area contributed by atoms with E-state index in [1.807, 2.05) is 47.6 Å². The Labute approximate surface area is 138 Å². The summed E-state index contributed by atoms with van der Waals surface area (Å²) in [5.41, 5.74) is -0.0178. The fraction of sp³-hybridized carbons (Fsp3) is 0.706. The van der Waals surface area contributed by atoms with Crippen molar-refractivity contribution in [2.24, 2.45) is 0 Å². The molecule has 2 fully saturated rings. The van der Waals surface area contributed by atoms with Gasteiger partial charge in [-0.3, -0.25) is 0 Å². The van der Waals surface area contributed by atoms with Crippen molar-refractivity contribution in [1.29, 1.82) is 0 Å². The van der Waals surface area contributed by atoms with Crippen LogP contribution in [0.15, 0.2) is 12.3 Å². The minimum absolute atomic E-state index is 0.0267. The predicted octanol–water partition coefficient (Wildman–Crippen LogP) is 2.71. The van der Waals surface area contributed by atoms with Crippen molar-refractivity contribution in [3.63, 3.8) is 0 Å². The van der Waals surface area contributed by atoms with E-state index >= 15 is 0 Å². The molecule has 1 saturated carbocycles. The molecule has 1 aliphatic heterocycles. The van der Waals surface area contributed by atoms with E-state index in [4.69, 9.17) is 18.8 Å². The molecule has 0 amide bonds. The maximum Gasteiger partial charge on any atom is 0.500 e. The molecule has 2 heterocycles. The number of pyridine rings is 1. The van der Waals surface area contributed by atoms with Gasteiger partial charge < -0.3 is 18.8 Å². The van der Waals surface area contributed by atoms with Gasteiger partial charge in [-0.25, -0.2) is 4.98 Å². The van der Waals surface area contributed by atoms with Crippen LogP contribution in [0.3, 0.4) is 0 Å². The number of aromatic nitrogens is 1. The molecule has 1 saturated heterocycles. The van der Waals surface area contributed by atoms with Crippen LogP contribution in [0.1, 0.15) is 54.4 Å². The molecule has 5 nitrogen and oxygen atoms in total. The van der Waals surface area contributed by atoms with Crippen LogP contribution in [0.5, 0.6) is 11.6 Å². The standard InChI is InChI=1S/C17H26BNO4/c1-11(2)20-15-14(9-13(10-19-15)21-12-7-8-12)18-22-16(3,4)17(5,6)23-18/h9-12H,7-8H2,1-6H3. The molecule has 0 aromatic carbocycles. The fourth-order valence-electron chi connectivity index (χ4n) is 2.35. The normalized spacial score (nSPS) is 22.5. The number of rotatable bonds is 5. The Bertz CT molecular complexity index is 568. The summed E-state index contributed by atoms with van der Waals surface area (Å²) in [4.78, 5) is 4.43. The first-order valence-corrected chi connectivity index (χ1v) is 8.37. The summed E-state index contributed by atoms with van der Waals surface area (Å²) >= 11 is 0. The highest BCUT2D eigenvalue weighted by Gasteiger charge is 2.53. The van der Waals surface area contributed by atoms with Crippen LogP contribution >= 0.6 is 0 Å². The lowest BCUT2D eigenvalue weighted by Gasteiger charge is -2.32. The molecule has 0 atom stereocenters. The molecule has 1 aromatic rings. The zero-order valence-electron chi connectivity index (χ0n) is 14.9. The SMILES string of the molecule is CC(C)Oc1ncc(OC2CC2)cc1B1OC(C)(C)C(C)(C)O1. The number of hydrogen-bond donors (Lipinski definition) is 0. The summed E-state index contributed by atoms with van der Waals surface area (Å²) in [6.45, 7) is 12.1. The Hall–Kier alpha value is -1.27. The molecule has 0 unspecified atom stereocenters. The number of ether oxygens (including phenoxy) is 2. The lowest BCUT2D eigenvalue weighted by molar-refractivity contribution is 0.00578. The molecule has 2 aliphatic rings. The van der Waals surface area contributed by atoms with Gasteiger partial charge in [0.25, 0.3) is 0 Å². The van der Waals surface area contributed by atoms with Gasteiger partial charge in [0.15, 0.2) is 0 Å². The van der Waals surface area contributed by atoms with Gasteiger partial charge in [0.05, 0.1) is 29.6 Å². The maximum atomic E-state index is 6.15. The van der Waals surface area contributed by atoms with Gasteiger partial charge in [0.2, 0.25) is 5.88 Å². The molecule has 1 aliphatic carbocycles. The van der Waals surface area contributed by atoms with Gasteiger partial charge in [0.1, 0.15) is 5.75 Å². The predicted molar refractivity (Wildman–Crippen MR) is 89.4 cm³/mol.